The SMILES string of the molecule is O=C1N(O)[C@H]2CN1[C@H](c1ccon1)CC21CC1. The molecule has 1 aromatic heterocycles. The van der Waals surface area contributed by atoms with Crippen molar-refractivity contribution in [3.8, 4) is 0 Å². The van der Waals surface area contributed by atoms with E-state index in [1.807, 2.05) is 0 Å². The largest absolute Gasteiger partial charge is 0.364 e. The first kappa shape index (κ1) is 9.47. The Bertz CT molecular complexity index is 468. The lowest BCUT2D eigenvalue weighted by atomic mass is 9.84. The third-order valence-corrected chi connectivity index (χ3v) is 4.48. The van der Waals surface area contributed by atoms with Gasteiger partial charge in [0.15, 0.2) is 0 Å². The second-order valence-electron chi connectivity index (χ2n) is 5.30. The Labute approximate surface area is 97.7 Å². The van der Waals surface area contributed by atoms with Crippen molar-refractivity contribution < 1.29 is 14.5 Å². The monoisotopic (exact) mass is 235 g/mol. The lowest BCUT2D eigenvalue weighted by Gasteiger charge is -2.35. The molecule has 2 aliphatic heterocycles. The molecule has 1 aliphatic carbocycles. The van der Waals surface area contributed by atoms with E-state index in [1.54, 1.807) is 11.0 Å². The summed E-state index contributed by atoms with van der Waals surface area (Å²) in [6.45, 7) is 0.604. The Balaban J connectivity index is 1.76. The topological polar surface area (TPSA) is 69.8 Å². The maximum absolute atomic E-state index is 12.0. The number of amides is 2. The lowest BCUT2D eigenvalue weighted by molar-refractivity contribution is -0.0782. The van der Waals surface area contributed by atoms with Gasteiger partial charge in [0.25, 0.3) is 0 Å². The summed E-state index contributed by atoms with van der Waals surface area (Å²) in [7, 11) is 0. The summed E-state index contributed by atoms with van der Waals surface area (Å²) in [6.07, 6.45) is 4.58. The first-order valence-electron chi connectivity index (χ1n) is 5.90. The molecule has 6 heteroatoms. The van der Waals surface area contributed by atoms with Gasteiger partial charge in [-0.15, -0.1) is 0 Å². The van der Waals surface area contributed by atoms with Gasteiger partial charge in [0.1, 0.15) is 12.0 Å². The van der Waals surface area contributed by atoms with Crippen LogP contribution in [0.1, 0.15) is 31.0 Å². The fraction of sp³-hybridized carbons (Fsp3) is 0.636. The van der Waals surface area contributed by atoms with Crippen LogP contribution < -0.4 is 0 Å². The molecule has 3 fully saturated rings. The van der Waals surface area contributed by atoms with Gasteiger partial charge in [-0.25, -0.2) is 9.86 Å². The summed E-state index contributed by atoms with van der Waals surface area (Å²) >= 11 is 0. The molecule has 2 atom stereocenters. The van der Waals surface area contributed by atoms with E-state index < -0.39 is 0 Å². The van der Waals surface area contributed by atoms with E-state index >= 15 is 0 Å². The highest BCUT2D eigenvalue weighted by molar-refractivity contribution is 5.77. The number of hydrogen-bond acceptors (Lipinski definition) is 4. The highest BCUT2D eigenvalue weighted by Gasteiger charge is 2.63. The van der Waals surface area contributed by atoms with Gasteiger partial charge in [-0.3, -0.25) is 5.21 Å². The van der Waals surface area contributed by atoms with Gasteiger partial charge < -0.3 is 9.42 Å². The van der Waals surface area contributed by atoms with Crippen LogP contribution in [0, 0.1) is 5.41 Å². The van der Waals surface area contributed by atoms with E-state index in [1.165, 1.54) is 6.26 Å². The molecule has 0 unspecified atom stereocenters. The maximum Gasteiger partial charge on any atom is 0.344 e. The summed E-state index contributed by atoms with van der Waals surface area (Å²) in [6, 6.07) is 1.43. The van der Waals surface area contributed by atoms with Crippen LogP contribution in [0.25, 0.3) is 0 Å². The van der Waals surface area contributed by atoms with Crippen LogP contribution in [0.15, 0.2) is 16.9 Å². The summed E-state index contributed by atoms with van der Waals surface area (Å²) in [5.41, 5.74) is 0.902. The Morgan fingerprint density at radius 1 is 1.53 bits per heavy atom. The third kappa shape index (κ3) is 1.08. The maximum atomic E-state index is 12.0. The molecule has 1 aromatic rings. The van der Waals surface area contributed by atoms with E-state index in [2.05, 4.69) is 5.16 Å². The van der Waals surface area contributed by atoms with Gasteiger partial charge in [-0.05, 0) is 24.7 Å². The van der Waals surface area contributed by atoms with Gasteiger partial charge in [0.05, 0.1) is 12.1 Å². The van der Waals surface area contributed by atoms with Crippen LogP contribution in [0.2, 0.25) is 0 Å². The fourth-order valence-corrected chi connectivity index (χ4v) is 3.31. The van der Waals surface area contributed by atoms with E-state index in [-0.39, 0.29) is 23.5 Å². The normalized spacial score (nSPS) is 33.6. The first-order chi connectivity index (χ1) is 8.21. The number of piperidine rings is 1. The number of aromatic nitrogens is 1. The zero-order chi connectivity index (χ0) is 11.6. The van der Waals surface area contributed by atoms with Gasteiger partial charge >= 0.3 is 6.03 Å². The van der Waals surface area contributed by atoms with Crippen molar-refractivity contribution in [1.82, 2.24) is 15.1 Å². The predicted octanol–water partition coefficient (Wildman–Crippen LogP) is 1.40. The first-order valence-corrected chi connectivity index (χ1v) is 5.90. The van der Waals surface area contributed by atoms with Crippen LogP contribution in [0.5, 0.6) is 0 Å². The number of rotatable bonds is 1. The van der Waals surface area contributed by atoms with Crippen molar-refractivity contribution in [2.45, 2.75) is 31.3 Å². The molecule has 3 heterocycles. The van der Waals surface area contributed by atoms with Crippen molar-refractivity contribution in [3.63, 3.8) is 0 Å². The number of carbonyl (C=O) groups excluding carboxylic acids is 1. The Morgan fingerprint density at radius 2 is 2.35 bits per heavy atom. The molecule has 17 heavy (non-hydrogen) atoms. The van der Waals surface area contributed by atoms with Crippen molar-refractivity contribution >= 4 is 6.03 Å². The molecule has 0 radical (unpaired) electrons. The van der Waals surface area contributed by atoms with Gasteiger partial charge in [0.2, 0.25) is 0 Å². The van der Waals surface area contributed by atoms with Crippen molar-refractivity contribution in [2.75, 3.05) is 6.54 Å². The molecule has 2 bridgehead atoms. The highest BCUT2D eigenvalue weighted by Crippen LogP contribution is 2.61. The number of hydrogen-bond donors (Lipinski definition) is 1. The number of fused-ring (bicyclic) bond motifs is 3. The van der Waals surface area contributed by atoms with Crippen LogP contribution in [-0.2, 0) is 0 Å². The van der Waals surface area contributed by atoms with Gasteiger partial charge in [0, 0.05) is 12.6 Å². The zero-order valence-corrected chi connectivity index (χ0v) is 9.24. The van der Waals surface area contributed by atoms with E-state index in [4.69, 9.17) is 4.52 Å². The predicted molar refractivity (Wildman–Crippen MR) is 55.0 cm³/mol. The molecule has 1 spiro atoms. The van der Waals surface area contributed by atoms with Crippen molar-refractivity contribution in [1.29, 1.82) is 0 Å². The summed E-state index contributed by atoms with van der Waals surface area (Å²) in [5.74, 6) is 0. The number of urea groups is 1. The van der Waals surface area contributed by atoms with Crippen LogP contribution in [-0.4, -0.2) is 38.9 Å². The summed E-state index contributed by atoms with van der Waals surface area (Å²) in [5, 5.41) is 14.7. The van der Waals surface area contributed by atoms with E-state index in [0.29, 0.717) is 6.54 Å². The third-order valence-electron chi connectivity index (χ3n) is 4.48. The average molecular weight is 235 g/mol. The number of hydroxylamine groups is 2. The Kier molecular flexibility index (Phi) is 1.57. The zero-order valence-electron chi connectivity index (χ0n) is 9.24. The molecule has 90 valence electrons. The molecule has 4 rings (SSSR count). The van der Waals surface area contributed by atoms with Crippen LogP contribution in [0.3, 0.4) is 0 Å². The number of nitrogens with zero attached hydrogens (tertiary/aromatic N) is 3. The number of carbonyl (C=O) groups is 1. The van der Waals surface area contributed by atoms with Gasteiger partial charge in [-0.2, -0.15) is 0 Å². The highest BCUT2D eigenvalue weighted by atomic mass is 16.5. The standard InChI is InChI=1S/C11H13N3O3/c15-10-13-6-9(14(10)16)11(2-3-11)5-8(13)7-1-4-17-12-7/h1,4,8-9,16H,2-3,5-6H2/t8-,9-/m0/s1. The minimum atomic E-state index is -0.299. The van der Waals surface area contributed by atoms with Crippen LogP contribution in [0.4, 0.5) is 4.79 Å². The molecule has 1 saturated carbocycles. The summed E-state index contributed by atoms with van der Waals surface area (Å²) in [4.78, 5) is 13.7. The molecular weight excluding hydrogens is 222 g/mol. The molecule has 3 aliphatic rings. The fourth-order valence-electron chi connectivity index (χ4n) is 3.31. The minimum Gasteiger partial charge on any atom is -0.364 e. The lowest BCUT2D eigenvalue weighted by Crippen LogP contribution is -2.41. The average Bonchev–Trinajstić information content (AvgIpc) is 2.81. The second kappa shape index (κ2) is 2.81. The molecule has 1 N–H and O–H groups in total. The Hall–Kier alpha value is -1.56. The second-order valence-corrected chi connectivity index (χ2v) is 5.30. The van der Waals surface area contributed by atoms with E-state index in [9.17, 15) is 10.0 Å². The minimum absolute atomic E-state index is 0.0295. The van der Waals surface area contributed by atoms with E-state index in [0.717, 1.165) is 30.0 Å². The molecule has 0 aromatic carbocycles. The van der Waals surface area contributed by atoms with Crippen molar-refractivity contribution in [2.24, 2.45) is 5.41 Å². The molecule has 2 saturated heterocycles. The molecule has 2 amide bonds. The van der Waals surface area contributed by atoms with Gasteiger partial charge in [-0.1, -0.05) is 5.16 Å². The molecule has 6 nitrogen and oxygen atoms in total. The molecular formula is C11H13N3O3. The van der Waals surface area contributed by atoms with Crippen molar-refractivity contribution in [3.05, 3.63) is 18.0 Å². The summed E-state index contributed by atoms with van der Waals surface area (Å²) < 4.78 is 4.86. The Morgan fingerprint density at radius 3 is 3.00 bits per heavy atom. The quantitative estimate of drug-likeness (QED) is 0.747. The smallest absolute Gasteiger partial charge is 0.344 e. The van der Waals surface area contributed by atoms with Crippen LogP contribution >= 0.6 is 0 Å².